The molecule has 1 aromatic rings. The Labute approximate surface area is 148 Å². The van der Waals surface area contributed by atoms with Crippen molar-refractivity contribution in [1.82, 2.24) is 20.4 Å². The number of aryl methyl sites for hydroxylation is 1. The van der Waals surface area contributed by atoms with Crippen LogP contribution < -0.4 is 10.2 Å². The van der Waals surface area contributed by atoms with Crippen LogP contribution >= 0.6 is 0 Å². The predicted molar refractivity (Wildman–Crippen MR) is 94.3 cm³/mol. The van der Waals surface area contributed by atoms with Crippen molar-refractivity contribution in [2.75, 3.05) is 24.5 Å². The fourth-order valence-electron chi connectivity index (χ4n) is 4.41. The van der Waals surface area contributed by atoms with E-state index in [-0.39, 0.29) is 17.9 Å². The second-order valence-electron chi connectivity index (χ2n) is 7.54. The molecule has 3 aliphatic rings. The number of urea groups is 1. The molecule has 0 aromatic carbocycles. The molecule has 25 heavy (non-hydrogen) atoms. The zero-order valence-corrected chi connectivity index (χ0v) is 14.7. The van der Waals surface area contributed by atoms with Crippen molar-refractivity contribution in [3.63, 3.8) is 0 Å². The molecule has 7 nitrogen and oxygen atoms in total. The molecule has 4 rings (SSSR count). The van der Waals surface area contributed by atoms with E-state index in [1.54, 1.807) is 6.20 Å². The highest BCUT2D eigenvalue weighted by Crippen LogP contribution is 2.28. The van der Waals surface area contributed by atoms with Gasteiger partial charge in [-0.25, -0.2) is 4.79 Å². The summed E-state index contributed by atoms with van der Waals surface area (Å²) in [5.41, 5.74) is 1.97. The van der Waals surface area contributed by atoms with Crippen LogP contribution in [0.2, 0.25) is 0 Å². The van der Waals surface area contributed by atoms with Crippen molar-refractivity contribution in [1.29, 1.82) is 0 Å². The number of carbonyl (C=O) groups excluding carboxylic acids is 2. The van der Waals surface area contributed by atoms with Crippen molar-refractivity contribution in [2.24, 2.45) is 5.92 Å². The minimum absolute atomic E-state index is 0.00652. The molecule has 1 aromatic heterocycles. The third kappa shape index (κ3) is 3.37. The molecule has 7 heteroatoms. The highest BCUT2D eigenvalue weighted by atomic mass is 16.2. The predicted octanol–water partition coefficient (Wildman–Crippen LogP) is 2.05. The minimum atomic E-state index is -0.107. The van der Waals surface area contributed by atoms with E-state index in [9.17, 15) is 9.59 Å². The third-order valence-corrected chi connectivity index (χ3v) is 5.80. The lowest BCUT2D eigenvalue weighted by atomic mass is 9.95. The molecule has 2 fully saturated rings. The molecule has 0 bridgehead atoms. The first-order valence-electron chi connectivity index (χ1n) is 9.61. The number of nitrogens with zero attached hydrogens (tertiary/aromatic N) is 3. The molecular formula is C18H27N5O2. The number of anilines is 1. The molecule has 3 heterocycles. The van der Waals surface area contributed by atoms with Gasteiger partial charge in [-0.15, -0.1) is 0 Å². The molecule has 0 radical (unpaired) electrons. The number of aromatic amines is 1. The first kappa shape index (κ1) is 16.4. The van der Waals surface area contributed by atoms with Crippen LogP contribution in [0.5, 0.6) is 0 Å². The Bertz CT molecular complexity index is 637. The number of aromatic nitrogens is 2. The number of hydrogen-bond acceptors (Lipinski definition) is 3. The number of H-pyrrole nitrogens is 1. The molecule has 2 N–H and O–H groups in total. The van der Waals surface area contributed by atoms with Crippen LogP contribution in [-0.4, -0.2) is 52.7 Å². The van der Waals surface area contributed by atoms with Gasteiger partial charge in [0.05, 0.1) is 23.5 Å². The first-order valence-corrected chi connectivity index (χ1v) is 9.61. The minimum Gasteiger partial charge on any atom is -0.335 e. The molecule has 1 saturated heterocycles. The van der Waals surface area contributed by atoms with Gasteiger partial charge in [0.2, 0.25) is 5.91 Å². The molecule has 0 spiro atoms. The quantitative estimate of drug-likeness (QED) is 0.861. The normalized spacial score (nSPS) is 24.2. The number of carbonyl (C=O) groups is 2. The molecule has 1 unspecified atom stereocenters. The van der Waals surface area contributed by atoms with Crippen LogP contribution in [0.15, 0.2) is 6.20 Å². The monoisotopic (exact) mass is 345 g/mol. The van der Waals surface area contributed by atoms with Crippen LogP contribution in [0.1, 0.15) is 50.6 Å². The summed E-state index contributed by atoms with van der Waals surface area (Å²) in [4.78, 5) is 29.3. The molecule has 1 saturated carbocycles. The Balaban J connectivity index is 1.39. The van der Waals surface area contributed by atoms with Crippen molar-refractivity contribution in [3.05, 3.63) is 11.9 Å². The van der Waals surface area contributed by atoms with E-state index in [2.05, 4.69) is 15.5 Å². The molecule has 1 atom stereocenters. The van der Waals surface area contributed by atoms with Gasteiger partial charge in [0, 0.05) is 25.7 Å². The number of rotatable bonds is 2. The summed E-state index contributed by atoms with van der Waals surface area (Å²) in [7, 11) is 0. The highest BCUT2D eigenvalue weighted by molar-refractivity contribution is 5.96. The maximum Gasteiger partial charge on any atom is 0.317 e. The fourth-order valence-corrected chi connectivity index (χ4v) is 4.41. The lowest BCUT2D eigenvalue weighted by molar-refractivity contribution is -0.123. The summed E-state index contributed by atoms with van der Waals surface area (Å²) in [5, 5.41) is 10.2. The maximum atomic E-state index is 13.1. The largest absolute Gasteiger partial charge is 0.335 e. The van der Waals surface area contributed by atoms with Crippen LogP contribution in [0, 0.1) is 5.92 Å². The van der Waals surface area contributed by atoms with Crippen molar-refractivity contribution < 1.29 is 9.59 Å². The number of nitrogens with one attached hydrogen (secondary N) is 2. The van der Waals surface area contributed by atoms with Gasteiger partial charge in [0.15, 0.2) is 0 Å². The van der Waals surface area contributed by atoms with E-state index in [0.717, 1.165) is 63.0 Å². The van der Waals surface area contributed by atoms with E-state index in [0.29, 0.717) is 12.6 Å². The number of amides is 3. The summed E-state index contributed by atoms with van der Waals surface area (Å²) in [6, 6.07) is 0.325. The van der Waals surface area contributed by atoms with E-state index in [4.69, 9.17) is 0 Å². The number of hydrogen-bond donors (Lipinski definition) is 2. The lowest BCUT2D eigenvalue weighted by Gasteiger charge is -2.36. The second kappa shape index (κ2) is 7.06. The van der Waals surface area contributed by atoms with Gasteiger partial charge in [-0.3, -0.25) is 9.89 Å². The third-order valence-electron chi connectivity index (χ3n) is 5.80. The number of likely N-dealkylation sites (tertiary alicyclic amines) is 1. The van der Waals surface area contributed by atoms with Gasteiger partial charge in [-0.05, 0) is 38.5 Å². The number of piperidine rings is 1. The average Bonchev–Trinajstić information content (AvgIpc) is 3.32. The van der Waals surface area contributed by atoms with Crippen LogP contribution in [-0.2, 0) is 11.2 Å². The maximum absolute atomic E-state index is 13.1. The summed E-state index contributed by atoms with van der Waals surface area (Å²) in [6.07, 6.45) is 9.97. The molecule has 3 amide bonds. The van der Waals surface area contributed by atoms with Gasteiger partial charge >= 0.3 is 6.03 Å². The van der Waals surface area contributed by atoms with Crippen LogP contribution in [0.25, 0.3) is 0 Å². The summed E-state index contributed by atoms with van der Waals surface area (Å²) < 4.78 is 0. The highest BCUT2D eigenvalue weighted by Gasteiger charge is 2.34. The van der Waals surface area contributed by atoms with Gasteiger partial charge in [0.1, 0.15) is 0 Å². The van der Waals surface area contributed by atoms with E-state index >= 15 is 0 Å². The van der Waals surface area contributed by atoms with E-state index in [1.807, 2.05) is 9.80 Å². The standard InChI is InChI=1S/C18H27N5O2/c24-17(23-10-4-8-15-16(23)11-19-21-15)13-5-3-9-22(12-13)18(25)20-14-6-1-2-7-14/h11,13-14H,1-10,12H2,(H,19,21)(H,20,25). The molecule has 2 aliphatic heterocycles. The van der Waals surface area contributed by atoms with Crippen molar-refractivity contribution in [3.8, 4) is 0 Å². The Kier molecular flexibility index (Phi) is 4.63. The summed E-state index contributed by atoms with van der Waals surface area (Å²) >= 11 is 0. The van der Waals surface area contributed by atoms with Gasteiger partial charge in [-0.1, -0.05) is 12.8 Å². The SMILES string of the molecule is O=C(NC1CCCC1)N1CCCC(C(=O)N2CCCc3[nH]ncc32)C1. The fraction of sp³-hybridized carbons (Fsp3) is 0.722. The Morgan fingerprint density at radius 3 is 2.80 bits per heavy atom. The van der Waals surface area contributed by atoms with Crippen LogP contribution in [0.3, 0.4) is 0 Å². The second-order valence-corrected chi connectivity index (χ2v) is 7.54. The van der Waals surface area contributed by atoms with Gasteiger partial charge in [0.25, 0.3) is 0 Å². The molecule has 1 aliphatic carbocycles. The summed E-state index contributed by atoms with van der Waals surface area (Å²) in [6.45, 7) is 2.02. The van der Waals surface area contributed by atoms with E-state index < -0.39 is 0 Å². The first-order chi connectivity index (χ1) is 12.2. The van der Waals surface area contributed by atoms with Gasteiger partial charge < -0.3 is 15.1 Å². The Morgan fingerprint density at radius 2 is 1.96 bits per heavy atom. The van der Waals surface area contributed by atoms with Gasteiger partial charge in [-0.2, -0.15) is 5.10 Å². The Hall–Kier alpha value is -2.05. The average molecular weight is 345 g/mol. The van der Waals surface area contributed by atoms with Crippen molar-refractivity contribution >= 4 is 17.6 Å². The zero-order valence-electron chi connectivity index (χ0n) is 14.7. The Morgan fingerprint density at radius 1 is 1.12 bits per heavy atom. The molecule has 136 valence electrons. The summed E-state index contributed by atoms with van der Waals surface area (Å²) in [5.74, 6) is 0.0321. The zero-order chi connectivity index (χ0) is 17.2. The van der Waals surface area contributed by atoms with Crippen molar-refractivity contribution in [2.45, 2.75) is 57.4 Å². The smallest absolute Gasteiger partial charge is 0.317 e. The molecular weight excluding hydrogens is 318 g/mol. The number of fused-ring (bicyclic) bond motifs is 1. The lowest BCUT2D eigenvalue weighted by Crippen LogP contribution is -2.51. The topological polar surface area (TPSA) is 81.3 Å². The van der Waals surface area contributed by atoms with Crippen LogP contribution in [0.4, 0.5) is 10.5 Å². The van der Waals surface area contributed by atoms with E-state index in [1.165, 1.54) is 12.8 Å².